The van der Waals surface area contributed by atoms with Gasteiger partial charge in [-0.1, -0.05) is 0 Å². The van der Waals surface area contributed by atoms with Crippen LogP contribution in [-0.4, -0.2) is 41.7 Å². The van der Waals surface area contributed by atoms with Gasteiger partial charge >= 0.3 is 47.8 Å². The van der Waals surface area contributed by atoms with Crippen LogP contribution in [0.3, 0.4) is 0 Å². The Kier molecular flexibility index (Phi) is 4.85. The monoisotopic (exact) mass is 462 g/mol. The number of halogens is 18. The summed E-state index contributed by atoms with van der Waals surface area (Å²) in [6.45, 7) is 0. The van der Waals surface area contributed by atoms with Crippen LogP contribution in [0.1, 0.15) is 0 Å². The Morgan fingerprint density at radius 1 is 0.464 bits per heavy atom. The summed E-state index contributed by atoms with van der Waals surface area (Å²) in [4.78, 5) is 0. The lowest BCUT2D eigenvalue weighted by Gasteiger charge is -2.57. The smallest absolute Gasteiger partial charge is 0.220 e. The van der Waals surface area contributed by atoms with Crippen LogP contribution in [0, 0.1) is 5.41 Å². The van der Waals surface area contributed by atoms with E-state index in [0.29, 0.717) is 0 Å². The van der Waals surface area contributed by atoms with Crippen LogP contribution in [-0.2, 0) is 0 Å². The number of hydrogen-bond acceptors (Lipinski definition) is 0. The van der Waals surface area contributed by atoms with Gasteiger partial charge in [0.25, 0.3) is 5.41 Å². The molecule has 2 unspecified atom stereocenters. The van der Waals surface area contributed by atoms with E-state index in [0.717, 1.165) is 0 Å². The summed E-state index contributed by atoms with van der Waals surface area (Å²) >= 11 is 0. The van der Waals surface area contributed by atoms with Gasteiger partial charge in [0, 0.05) is 0 Å². The number of allylic oxidation sites excluding steroid dienone is 1. The molecule has 0 nitrogen and oxygen atoms in total. The fraction of sp³-hybridized carbons (Fsp3) is 0.800. The number of rotatable bonds is 1. The zero-order valence-electron chi connectivity index (χ0n) is 11.8. The number of alkyl halides is 15. The van der Waals surface area contributed by atoms with Gasteiger partial charge in [-0.2, -0.15) is 61.5 Å². The van der Waals surface area contributed by atoms with Gasteiger partial charge in [0.1, 0.15) is 0 Å². The summed E-state index contributed by atoms with van der Waals surface area (Å²) in [6.07, 6.45) is -21.5. The van der Waals surface area contributed by atoms with Gasteiger partial charge in [-0.25, -0.2) is 17.6 Å². The lowest BCUT2D eigenvalue weighted by atomic mass is 9.57. The molecule has 1 fully saturated rings. The van der Waals surface area contributed by atoms with E-state index in [2.05, 4.69) is 0 Å². The fourth-order valence-electron chi connectivity index (χ4n) is 2.56. The van der Waals surface area contributed by atoms with Crippen molar-refractivity contribution in [3.05, 3.63) is 11.9 Å². The second-order valence-electron chi connectivity index (χ2n) is 5.28. The molecule has 0 saturated heterocycles. The first-order chi connectivity index (χ1) is 11.9. The summed E-state index contributed by atoms with van der Waals surface area (Å²) in [7, 11) is 0. The molecule has 0 aromatic carbocycles. The lowest BCUT2D eigenvalue weighted by molar-refractivity contribution is -0.522. The maximum Gasteiger partial charge on any atom is 0.434 e. The van der Waals surface area contributed by atoms with Crippen LogP contribution in [0.25, 0.3) is 0 Å². The van der Waals surface area contributed by atoms with Crippen molar-refractivity contribution in [3.8, 4) is 0 Å². The molecule has 28 heavy (non-hydrogen) atoms. The Morgan fingerprint density at radius 3 is 1.07 bits per heavy atom. The van der Waals surface area contributed by atoms with E-state index in [1.165, 1.54) is 0 Å². The molecular formula is C10F18. The Bertz CT molecular complexity index is 673. The van der Waals surface area contributed by atoms with Crippen molar-refractivity contribution >= 4 is 0 Å². The van der Waals surface area contributed by atoms with Crippen molar-refractivity contribution in [3.63, 3.8) is 0 Å². The molecule has 0 bridgehead atoms. The van der Waals surface area contributed by atoms with Crippen LogP contribution in [0.15, 0.2) is 11.9 Å². The average molecular weight is 462 g/mol. The van der Waals surface area contributed by atoms with Gasteiger partial charge < -0.3 is 0 Å². The van der Waals surface area contributed by atoms with Crippen LogP contribution in [0.4, 0.5) is 79.0 Å². The third-order valence-corrected chi connectivity index (χ3v) is 3.91. The molecule has 0 aromatic heterocycles. The van der Waals surface area contributed by atoms with E-state index >= 15 is 0 Å². The van der Waals surface area contributed by atoms with Crippen molar-refractivity contribution in [2.75, 3.05) is 0 Å². The molecule has 0 heterocycles. The highest BCUT2D eigenvalue weighted by Crippen LogP contribution is 2.79. The molecular weight excluding hydrogens is 462 g/mol. The second kappa shape index (κ2) is 5.54. The van der Waals surface area contributed by atoms with Crippen LogP contribution < -0.4 is 0 Å². The predicted octanol–water partition coefficient (Wildman–Crippen LogP) is 6.44. The van der Waals surface area contributed by atoms with Gasteiger partial charge in [-0.15, -0.1) is 0 Å². The van der Waals surface area contributed by atoms with Gasteiger partial charge in [-0.3, -0.25) is 0 Å². The van der Waals surface area contributed by atoms with Crippen molar-refractivity contribution < 1.29 is 79.0 Å². The zero-order chi connectivity index (χ0) is 23.2. The quantitative estimate of drug-likeness (QED) is 0.394. The van der Waals surface area contributed by atoms with E-state index < -0.39 is 59.0 Å². The van der Waals surface area contributed by atoms with Gasteiger partial charge in [-0.05, 0) is 0 Å². The SMILES string of the molecule is FC(F)=C(F)C1(C(F)(F)F)C(F)(F)C(F)(F)C(F)(F)C(F)(C(F)(F)F)C1(F)F. The lowest BCUT2D eigenvalue weighted by Crippen LogP contribution is -2.88. The average Bonchev–Trinajstić information content (AvgIpc) is 2.41. The van der Waals surface area contributed by atoms with E-state index in [1.807, 2.05) is 0 Å². The third-order valence-electron chi connectivity index (χ3n) is 3.91. The molecule has 0 aromatic rings. The molecule has 18 heteroatoms. The van der Waals surface area contributed by atoms with Crippen LogP contribution in [0.5, 0.6) is 0 Å². The predicted molar refractivity (Wildman–Crippen MR) is 48.5 cm³/mol. The maximum absolute atomic E-state index is 13.8. The molecule has 2 atom stereocenters. The Labute approximate surface area is 139 Å². The molecule has 1 aliphatic carbocycles. The van der Waals surface area contributed by atoms with Crippen molar-refractivity contribution in [1.29, 1.82) is 0 Å². The molecule has 1 aliphatic rings. The summed E-state index contributed by atoms with van der Waals surface area (Å²) in [6, 6.07) is 0. The second-order valence-corrected chi connectivity index (χ2v) is 5.28. The highest BCUT2D eigenvalue weighted by atomic mass is 19.4. The highest BCUT2D eigenvalue weighted by molar-refractivity contribution is 5.38. The van der Waals surface area contributed by atoms with E-state index in [9.17, 15) is 79.0 Å². The number of hydrogen-bond donors (Lipinski definition) is 0. The molecule has 0 radical (unpaired) electrons. The minimum absolute atomic E-state index is 4.97. The summed E-state index contributed by atoms with van der Waals surface area (Å²) in [5.41, 5.74) is -16.9. The molecule has 0 aliphatic heterocycles. The molecule has 0 N–H and O–H groups in total. The van der Waals surface area contributed by atoms with Crippen molar-refractivity contribution in [2.45, 2.75) is 41.7 Å². The Balaban J connectivity index is 4.50. The molecule has 166 valence electrons. The first kappa shape index (κ1) is 24.5. The highest BCUT2D eigenvalue weighted by Gasteiger charge is 3.08. The standard InChI is InChI=1S/C10F18/c11-1(2(12)13)3(9(23,24)25)5(15,16)4(14,10(26,27)28)7(19,20)8(21,22)6(3,17)18. The summed E-state index contributed by atoms with van der Waals surface area (Å²) in [5, 5.41) is 0. The van der Waals surface area contributed by atoms with Crippen LogP contribution in [0.2, 0.25) is 0 Å². The Morgan fingerprint density at radius 2 is 0.821 bits per heavy atom. The normalized spacial score (nSPS) is 34.1. The van der Waals surface area contributed by atoms with Gasteiger partial charge in [0.2, 0.25) is 0 Å². The Hall–Kier alpha value is -1.52. The largest absolute Gasteiger partial charge is 0.434 e. The fourth-order valence-corrected chi connectivity index (χ4v) is 2.56. The molecule has 0 spiro atoms. The van der Waals surface area contributed by atoms with Crippen LogP contribution >= 0.6 is 0 Å². The molecule has 1 saturated carbocycles. The minimum Gasteiger partial charge on any atom is -0.220 e. The van der Waals surface area contributed by atoms with Gasteiger partial charge in [0.05, 0.1) is 0 Å². The van der Waals surface area contributed by atoms with Gasteiger partial charge in [0.15, 0.2) is 5.83 Å². The maximum atomic E-state index is 13.8. The van der Waals surface area contributed by atoms with Crippen molar-refractivity contribution in [1.82, 2.24) is 0 Å². The minimum atomic E-state index is -8.67. The first-order valence-electron chi connectivity index (χ1n) is 5.90. The van der Waals surface area contributed by atoms with E-state index in [4.69, 9.17) is 0 Å². The summed E-state index contributed by atoms with van der Waals surface area (Å²) < 4.78 is 235. The topological polar surface area (TPSA) is 0 Å². The third kappa shape index (κ3) is 2.08. The van der Waals surface area contributed by atoms with Crippen molar-refractivity contribution in [2.24, 2.45) is 5.41 Å². The molecule has 0 amide bonds. The zero-order valence-corrected chi connectivity index (χ0v) is 11.8. The first-order valence-corrected chi connectivity index (χ1v) is 5.90. The van der Waals surface area contributed by atoms with E-state index in [1.54, 1.807) is 0 Å². The molecule has 1 rings (SSSR count). The van der Waals surface area contributed by atoms with E-state index in [-0.39, 0.29) is 0 Å². The summed E-state index contributed by atoms with van der Waals surface area (Å²) in [5.74, 6) is -39.3.